The molecule has 0 aromatic heterocycles. The fourth-order valence-electron chi connectivity index (χ4n) is 4.25. The van der Waals surface area contributed by atoms with Crippen LogP contribution in [0.2, 0.25) is 0 Å². The van der Waals surface area contributed by atoms with Gasteiger partial charge in [-0.15, -0.1) is 0 Å². The molecule has 2 amide bonds. The van der Waals surface area contributed by atoms with Crippen molar-refractivity contribution in [3.05, 3.63) is 68.5 Å². The van der Waals surface area contributed by atoms with Gasteiger partial charge in [-0.3, -0.25) is 14.5 Å². The summed E-state index contributed by atoms with van der Waals surface area (Å²) in [6.45, 7) is 7.07. The van der Waals surface area contributed by atoms with Crippen LogP contribution >= 0.6 is 27.7 Å². The molecule has 2 aliphatic heterocycles. The molecule has 0 saturated carbocycles. The Kier molecular flexibility index (Phi) is 5.58. The standard InChI is InChI=1S/C24H25BrN2O2S/c1-15-13-24(2,3)26(4)20-10-7-17(11-19(15)20)12-21-22(28)27(23(29)30-21)14-16-5-8-18(25)9-6-16/h5-12,15H,13-14H2,1-4H3/b21-12-. The van der Waals surface area contributed by atoms with Gasteiger partial charge in [0.15, 0.2) is 0 Å². The number of carbonyl (C=O) groups is 2. The molecule has 2 aliphatic rings. The van der Waals surface area contributed by atoms with E-state index in [0.717, 1.165) is 33.8 Å². The van der Waals surface area contributed by atoms with Gasteiger partial charge in [-0.05, 0) is 85.0 Å². The van der Waals surface area contributed by atoms with Crippen molar-refractivity contribution in [3.8, 4) is 0 Å². The summed E-state index contributed by atoms with van der Waals surface area (Å²) in [7, 11) is 2.14. The first-order valence-electron chi connectivity index (χ1n) is 10.0. The number of fused-ring (bicyclic) bond motifs is 1. The summed E-state index contributed by atoms with van der Waals surface area (Å²) in [5.41, 5.74) is 4.53. The molecule has 0 radical (unpaired) electrons. The summed E-state index contributed by atoms with van der Waals surface area (Å²) in [5, 5.41) is -0.220. The zero-order valence-electron chi connectivity index (χ0n) is 17.6. The number of amides is 2. The van der Waals surface area contributed by atoms with E-state index < -0.39 is 0 Å². The molecular formula is C24H25BrN2O2S. The largest absolute Gasteiger partial charge is 0.369 e. The second-order valence-corrected chi connectivity index (χ2v) is 10.6. The van der Waals surface area contributed by atoms with Crippen molar-refractivity contribution < 1.29 is 9.59 Å². The normalized spacial score (nSPS) is 22.0. The second kappa shape index (κ2) is 7.89. The number of thioether (sulfide) groups is 1. The molecular weight excluding hydrogens is 460 g/mol. The van der Waals surface area contributed by atoms with E-state index in [1.807, 2.05) is 36.4 Å². The molecule has 1 saturated heterocycles. The second-order valence-electron chi connectivity index (χ2n) is 8.69. The minimum absolute atomic E-state index is 0.115. The highest BCUT2D eigenvalue weighted by atomic mass is 79.9. The molecule has 6 heteroatoms. The summed E-state index contributed by atoms with van der Waals surface area (Å²) >= 11 is 4.42. The smallest absolute Gasteiger partial charge is 0.293 e. The Morgan fingerprint density at radius 3 is 2.57 bits per heavy atom. The summed E-state index contributed by atoms with van der Waals surface area (Å²) in [6, 6.07) is 14.0. The molecule has 4 nitrogen and oxygen atoms in total. The zero-order chi connectivity index (χ0) is 21.6. The third-order valence-corrected chi connectivity index (χ3v) is 7.52. The number of hydrogen-bond acceptors (Lipinski definition) is 4. The van der Waals surface area contributed by atoms with E-state index in [2.05, 4.69) is 60.8 Å². The van der Waals surface area contributed by atoms with Crippen LogP contribution < -0.4 is 4.90 Å². The van der Waals surface area contributed by atoms with E-state index in [9.17, 15) is 9.59 Å². The topological polar surface area (TPSA) is 40.6 Å². The van der Waals surface area contributed by atoms with E-state index in [1.54, 1.807) is 0 Å². The molecule has 2 aromatic rings. The minimum Gasteiger partial charge on any atom is -0.369 e. The number of benzene rings is 2. The minimum atomic E-state index is -0.225. The molecule has 30 heavy (non-hydrogen) atoms. The molecule has 1 fully saturated rings. The van der Waals surface area contributed by atoms with Gasteiger partial charge in [-0.25, -0.2) is 0 Å². The predicted molar refractivity (Wildman–Crippen MR) is 128 cm³/mol. The summed E-state index contributed by atoms with van der Waals surface area (Å²) < 4.78 is 0.968. The summed E-state index contributed by atoms with van der Waals surface area (Å²) in [6.07, 6.45) is 2.92. The van der Waals surface area contributed by atoms with Crippen LogP contribution in [0.4, 0.5) is 10.5 Å². The van der Waals surface area contributed by atoms with Gasteiger partial charge < -0.3 is 4.90 Å². The number of imide groups is 1. The Morgan fingerprint density at radius 1 is 1.17 bits per heavy atom. The Bertz CT molecular complexity index is 1050. The highest BCUT2D eigenvalue weighted by Crippen LogP contribution is 2.43. The first-order chi connectivity index (χ1) is 14.2. The maximum atomic E-state index is 12.9. The molecule has 0 N–H and O–H groups in total. The number of hydrogen-bond donors (Lipinski definition) is 0. The van der Waals surface area contributed by atoms with Gasteiger partial charge in [0, 0.05) is 22.7 Å². The molecule has 4 rings (SSSR count). The average Bonchev–Trinajstić information content (AvgIpc) is 2.95. The Balaban J connectivity index is 1.58. The van der Waals surface area contributed by atoms with Crippen LogP contribution in [0.5, 0.6) is 0 Å². The van der Waals surface area contributed by atoms with E-state index in [0.29, 0.717) is 10.8 Å². The monoisotopic (exact) mass is 484 g/mol. The fraction of sp³-hybridized carbons (Fsp3) is 0.333. The van der Waals surface area contributed by atoms with Crippen LogP contribution in [-0.2, 0) is 11.3 Å². The van der Waals surface area contributed by atoms with E-state index in [1.165, 1.54) is 16.2 Å². The van der Waals surface area contributed by atoms with Gasteiger partial charge in [0.25, 0.3) is 11.1 Å². The van der Waals surface area contributed by atoms with Crippen LogP contribution in [-0.4, -0.2) is 28.6 Å². The van der Waals surface area contributed by atoms with E-state index in [4.69, 9.17) is 0 Å². The molecule has 156 valence electrons. The zero-order valence-corrected chi connectivity index (χ0v) is 20.0. The molecule has 2 heterocycles. The molecule has 0 bridgehead atoms. The lowest BCUT2D eigenvalue weighted by molar-refractivity contribution is -0.123. The maximum Gasteiger partial charge on any atom is 0.293 e. The van der Waals surface area contributed by atoms with Gasteiger partial charge >= 0.3 is 0 Å². The Labute approximate surface area is 190 Å². The molecule has 0 spiro atoms. The number of rotatable bonds is 3. The van der Waals surface area contributed by atoms with Gasteiger partial charge in [0.05, 0.1) is 11.4 Å². The Morgan fingerprint density at radius 2 is 1.87 bits per heavy atom. The number of nitrogens with zero attached hydrogens (tertiary/aromatic N) is 2. The summed E-state index contributed by atoms with van der Waals surface area (Å²) in [5.74, 6) is 0.212. The first kappa shape index (κ1) is 21.2. The number of halogens is 1. The highest BCUT2D eigenvalue weighted by molar-refractivity contribution is 9.10. The predicted octanol–water partition coefficient (Wildman–Crippen LogP) is 6.41. The van der Waals surface area contributed by atoms with Crippen molar-refractivity contribution in [2.75, 3.05) is 11.9 Å². The number of anilines is 1. The lowest BCUT2D eigenvalue weighted by Crippen LogP contribution is -2.45. The van der Waals surface area contributed by atoms with Crippen molar-refractivity contribution >= 4 is 50.6 Å². The maximum absolute atomic E-state index is 12.9. The molecule has 2 aromatic carbocycles. The van der Waals surface area contributed by atoms with Crippen molar-refractivity contribution in [2.24, 2.45) is 0 Å². The van der Waals surface area contributed by atoms with Gasteiger partial charge in [0.1, 0.15) is 0 Å². The van der Waals surface area contributed by atoms with Gasteiger partial charge in [0.2, 0.25) is 0 Å². The Hall–Kier alpha value is -2.05. The third-order valence-electron chi connectivity index (χ3n) is 6.08. The molecule has 0 aliphatic carbocycles. The van der Waals surface area contributed by atoms with Crippen molar-refractivity contribution in [1.29, 1.82) is 0 Å². The van der Waals surface area contributed by atoms with Crippen LogP contribution in [0.15, 0.2) is 51.8 Å². The molecule has 1 atom stereocenters. The van der Waals surface area contributed by atoms with Crippen molar-refractivity contribution in [1.82, 2.24) is 4.90 Å². The quantitative estimate of drug-likeness (QED) is 0.472. The lowest BCUT2D eigenvalue weighted by Gasteiger charge is -2.45. The van der Waals surface area contributed by atoms with Crippen molar-refractivity contribution in [2.45, 2.75) is 45.2 Å². The first-order valence-corrected chi connectivity index (χ1v) is 11.6. The SMILES string of the molecule is CC1CC(C)(C)N(C)c2ccc(/C=C3\SC(=O)N(Cc4ccc(Br)cc4)C3=O)cc21. The summed E-state index contributed by atoms with van der Waals surface area (Å²) in [4.78, 5) is 29.5. The van der Waals surface area contributed by atoms with Gasteiger partial charge in [-0.2, -0.15) is 0 Å². The molecule has 1 unspecified atom stereocenters. The van der Waals surface area contributed by atoms with Crippen LogP contribution in [0, 0.1) is 0 Å². The highest BCUT2D eigenvalue weighted by Gasteiger charge is 2.36. The van der Waals surface area contributed by atoms with Gasteiger partial charge in [-0.1, -0.05) is 41.1 Å². The van der Waals surface area contributed by atoms with Crippen LogP contribution in [0.3, 0.4) is 0 Å². The fourth-order valence-corrected chi connectivity index (χ4v) is 5.35. The number of carbonyl (C=O) groups excluding carboxylic acids is 2. The third kappa shape index (κ3) is 3.95. The van der Waals surface area contributed by atoms with Crippen molar-refractivity contribution in [3.63, 3.8) is 0 Å². The van der Waals surface area contributed by atoms with E-state index >= 15 is 0 Å². The van der Waals surface area contributed by atoms with Crippen LogP contribution in [0.25, 0.3) is 6.08 Å². The van der Waals surface area contributed by atoms with Crippen LogP contribution in [0.1, 0.15) is 49.8 Å². The average molecular weight is 485 g/mol. The van der Waals surface area contributed by atoms with E-state index in [-0.39, 0.29) is 23.2 Å². The lowest BCUT2D eigenvalue weighted by atomic mass is 9.80.